The van der Waals surface area contributed by atoms with Gasteiger partial charge in [0.25, 0.3) is 0 Å². The van der Waals surface area contributed by atoms with E-state index in [4.69, 9.17) is 4.74 Å². The molecule has 0 unspecified atom stereocenters. The first kappa shape index (κ1) is 25.4. The molecule has 0 aliphatic carbocycles. The number of halogens is 3. The molecular weight excluding hydrogens is 449 g/mol. The van der Waals surface area contributed by atoms with Gasteiger partial charge in [0, 0.05) is 25.3 Å². The Labute approximate surface area is 196 Å². The average molecular weight is 479 g/mol. The molecule has 3 rings (SSSR count). The van der Waals surface area contributed by atoms with Crippen LogP contribution in [0.4, 0.5) is 23.7 Å². The summed E-state index contributed by atoms with van der Waals surface area (Å²) in [6.07, 6.45) is -2.98. The smallest absolute Gasteiger partial charge is 0.416 e. The molecule has 0 saturated carbocycles. The van der Waals surface area contributed by atoms with E-state index in [1.807, 2.05) is 26.0 Å². The number of aliphatic carboxylic acids is 1. The second-order valence-corrected chi connectivity index (χ2v) is 9.05. The van der Waals surface area contributed by atoms with Crippen LogP contribution in [0.1, 0.15) is 42.5 Å². The van der Waals surface area contributed by atoms with Crippen LogP contribution >= 0.6 is 0 Å². The Bertz CT molecular complexity index is 1040. The summed E-state index contributed by atoms with van der Waals surface area (Å²) in [7, 11) is 0. The highest BCUT2D eigenvalue weighted by Crippen LogP contribution is 2.32. The Kier molecular flexibility index (Phi) is 7.14. The third kappa shape index (κ3) is 5.63. The maximum atomic E-state index is 12.8. The van der Waals surface area contributed by atoms with Crippen molar-refractivity contribution in [2.24, 2.45) is 0 Å². The number of ether oxygens (including phenoxy) is 1. The van der Waals surface area contributed by atoms with Crippen molar-refractivity contribution < 1.29 is 32.6 Å². The number of carbonyl (C=O) groups is 2. The van der Waals surface area contributed by atoms with Gasteiger partial charge >= 0.3 is 18.2 Å². The molecule has 1 heterocycles. The van der Waals surface area contributed by atoms with Crippen molar-refractivity contribution in [2.45, 2.75) is 52.3 Å². The molecule has 1 aliphatic heterocycles. The van der Waals surface area contributed by atoms with Crippen LogP contribution in [0.15, 0.2) is 36.4 Å². The Morgan fingerprint density at radius 1 is 1.06 bits per heavy atom. The van der Waals surface area contributed by atoms with Crippen LogP contribution < -0.4 is 9.64 Å². The Morgan fingerprint density at radius 3 is 2.18 bits per heavy atom. The molecule has 184 valence electrons. The lowest BCUT2D eigenvalue weighted by Crippen LogP contribution is -2.38. The summed E-state index contributed by atoms with van der Waals surface area (Å²) in [5, 5.41) is 9.31. The summed E-state index contributed by atoms with van der Waals surface area (Å²) in [5.74, 6) is -0.492. The summed E-state index contributed by atoms with van der Waals surface area (Å²) in [5.41, 5.74) is 1.11. The predicted octanol–water partition coefficient (Wildman–Crippen LogP) is 5.44. The molecular formula is C25H29F3N2O4. The molecule has 6 nitrogen and oxygen atoms in total. The van der Waals surface area contributed by atoms with Crippen LogP contribution in [-0.2, 0) is 17.4 Å². The van der Waals surface area contributed by atoms with Gasteiger partial charge in [-0.05, 0) is 81.5 Å². The number of amides is 2. The number of aryl methyl sites for hydroxylation is 3. The van der Waals surface area contributed by atoms with Gasteiger partial charge in [-0.3, -0.25) is 4.90 Å². The van der Waals surface area contributed by atoms with Crippen LogP contribution in [0.25, 0.3) is 0 Å². The largest absolute Gasteiger partial charge is 0.478 e. The molecule has 1 aliphatic rings. The number of nitrogens with zero attached hydrogens (tertiary/aromatic N) is 2. The number of urea groups is 1. The van der Waals surface area contributed by atoms with E-state index in [-0.39, 0.29) is 6.03 Å². The molecule has 9 heteroatoms. The number of carboxylic acids is 1. The molecule has 0 atom stereocenters. The molecule has 2 aromatic carbocycles. The van der Waals surface area contributed by atoms with E-state index in [2.05, 4.69) is 0 Å². The summed E-state index contributed by atoms with van der Waals surface area (Å²) in [6, 6.07) is 8.32. The fourth-order valence-corrected chi connectivity index (χ4v) is 3.98. The SMILES string of the molecule is Cc1cc(CCCN2CCN(c3ccc(C(F)(F)F)cc3)C2=O)cc(C)c1OC(C)(C)C(=O)O. The third-order valence-corrected chi connectivity index (χ3v) is 5.89. The maximum Gasteiger partial charge on any atom is 0.416 e. The number of carboxylic acid groups (broad SMARTS) is 1. The van der Waals surface area contributed by atoms with Crippen molar-refractivity contribution in [3.05, 3.63) is 58.7 Å². The molecule has 0 bridgehead atoms. The van der Waals surface area contributed by atoms with Crippen molar-refractivity contribution in [3.63, 3.8) is 0 Å². The summed E-state index contributed by atoms with van der Waals surface area (Å²) < 4.78 is 44.1. The van der Waals surface area contributed by atoms with Crippen molar-refractivity contribution in [1.29, 1.82) is 0 Å². The zero-order chi connectivity index (χ0) is 25.3. The van der Waals surface area contributed by atoms with Gasteiger partial charge in [-0.2, -0.15) is 13.2 Å². The molecule has 0 aromatic heterocycles. The molecule has 1 N–H and O–H groups in total. The molecule has 0 spiro atoms. The minimum atomic E-state index is -4.41. The fourth-order valence-electron chi connectivity index (χ4n) is 3.98. The fraction of sp³-hybridized carbons (Fsp3) is 0.440. The first-order valence-electron chi connectivity index (χ1n) is 11.1. The zero-order valence-electron chi connectivity index (χ0n) is 19.7. The molecule has 1 saturated heterocycles. The number of hydrogen-bond acceptors (Lipinski definition) is 3. The molecule has 0 radical (unpaired) electrons. The highest BCUT2D eigenvalue weighted by molar-refractivity contribution is 5.94. The summed E-state index contributed by atoms with van der Waals surface area (Å²) in [4.78, 5) is 27.3. The topological polar surface area (TPSA) is 70.1 Å². The van der Waals surface area contributed by atoms with Gasteiger partial charge in [0.1, 0.15) is 5.75 Å². The minimum Gasteiger partial charge on any atom is -0.478 e. The van der Waals surface area contributed by atoms with E-state index in [0.29, 0.717) is 43.9 Å². The monoisotopic (exact) mass is 478 g/mol. The van der Waals surface area contributed by atoms with E-state index < -0.39 is 23.3 Å². The van der Waals surface area contributed by atoms with Crippen LogP contribution in [0, 0.1) is 13.8 Å². The summed E-state index contributed by atoms with van der Waals surface area (Å²) >= 11 is 0. The van der Waals surface area contributed by atoms with E-state index in [0.717, 1.165) is 28.8 Å². The molecule has 34 heavy (non-hydrogen) atoms. The van der Waals surface area contributed by atoms with Gasteiger partial charge in [0.15, 0.2) is 5.60 Å². The first-order valence-corrected chi connectivity index (χ1v) is 11.1. The van der Waals surface area contributed by atoms with Gasteiger partial charge in [0.05, 0.1) is 5.56 Å². The lowest BCUT2D eigenvalue weighted by atomic mass is 10.0. The van der Waals surface area contributed by atoms with Crippen molar-refractivity contribution >= 4 is 17.7 Å². The van der Waals surface area contributed by atoms with Gasteiger partial charge in [-0.15, -0.1) is 0 Å². The van der Waals surface area contributed by atoms with Gasteiger partial charge in [-0.25, -0.2) is 9.59 Å². The zero-order valence-corrected chi connectivity index (χ0v) is 19.7. The Hall–Kier alpha value is -3.23. The van der Waals surface area contributed by atoms with E-state index >= 15 is 0 Å². The van der Waals surface area contributed by atoms with Gasteiger partial charge in [-0.1, -0.05) is 12.1 Å². The summed E-state index contributed by atoms with van der Waals surface area (Å²) in [6.45, 7) is 8.21. The third-order valence-electron chi connectivity index (χ3n) is 5.89. The number of hydrogen-bond donors (Lipinski definition) is 1. The Balaban J connectivity index is 1.58. The minimum absolute atomic E-state index is 0.216. The average Bonchev–Trinajstić information content (AvgIpc) is 3.10. The van der Waals surface area contributed by atoms with E-state index in [9.17, 15) is 27.9 Å². The second kappa shape index (κ2) is 9.56. The van der Waals surface area contributed by atoms with Crippen LogP contribution in [-0.4, -0.2) is 47.2 Å². The molecule has 1 fully saturated rings. The quantitative estimate of drug-likeness (QED) is 0.549. The standard InChI is InChI=1S/C25H29F3N2O4/c1-16-14-18(15-17(2)21(16)34-24(3,4)22(31)32)6-5-11-29-12-13-30(23(29)33)20-9-7-19(8-10-20)25(26,27)28/h7-10,14-15H,5-6,11-13H2,1-4H3,(H,31,32). The van der Waals surface area contributed by atoms with Crippen molar-refractivity contribution in [2.75, 3.05) is 24.5 Å². The van der Waals surface area contributed by atoms with Crippen LogP contribution in [0.5, 0.6) is 5.75 Å². The number of anilines is 1. The van der Waals surface area contributed by atoms with Crippen LogP contribution in [0.2, 0.25) is 0 Å². The van der Waals surface area contributed by atoms with Crippen molar-refractivity contribution in [1.82, 2.24) is 4.90 Å². The van der Waals surface area contributed by atoms with Gasteiger partial charge < -0.3 is 14.7 Å². The second-order valence-electron chi connectivity index (χ2n) is 9.05. The number of benzene rings is 2. The highest BCUT2D eigenvalue weighted by atomic mass is 19.4. The molecule has 2 aromatic rings. The maximum absolute atomic E-state index is 12.8. The number of rotatable bonds is 8. The normalized spacial score (nSPS) is 14.6. The number of carbonyl (C=O) groups excluding carboxylic acids is 1. The molecule has 2 amide bonds. The first-order chi connectivity index (χ1) is 15.8. The lowest BCUT2D eigenvalue weighted by molar-refractivity contribution is -0.152. The highest BCUT2D eigenvalue weighted by Gasteiger charge is 2.33. The number of alkyl halides is 3. The van der Waals surface area contributed by atoms with E-state index in [1.165, 1.54) is 30.9 Å². The Morgan fingerprint density at radius 2 is 1.65 bits per heavy atom. The lowest BCUT2D eigenvalue weighted by Gasteiger charge is -2.24. The predicted molar refractivity (Wildman–Crippen MR) is 122 cm³/mol. The van der Waals surface area contributed by atoms with Crippen molar-refractivity contribution in [3.8, 4) is 5.75 Å². The van der Waals surface area contributed by atoms with E-state index in [1.54, 1.807) is 4.90 Å². The van der Waals surface area contributed by atoms with Crippen LogP contribution in [0.3, 0.4) is 0 Å². The van der Waals surface area contributed by atoms with Gasteiger partial charge in [0.2, 0.25) is 0 Å².